The lowest BCUT2D eigenvalue weighted by atomic mass is 10.1. The number of carbonyl (C=O) groups excluding carboxylic acids is 1. The van der Waals surface area contributed by atoms with Crippen molar-refractivity contribution in [2.24, 2.45) is 7.05 Å². The molecule has 0 saturated heterocycles. The summed E-state index contributed by atoms with van der Waals surface area (Å²) in [6, 6.07) is 15.0. The first-order valence-electron chi connectivity index (χ1n) is 8.00. The van der Waals surface area contributed by atoms with Crippen molar-refractivity contribution in [1.82, 2.24) is 9.55 Å². The minimum absolute atomic E-state index is 0.157. The molecule has 5 heteroatoms. The summed E-state index contributed by atoms with van der Waals surface area (Å²) in [6.45, 7) is 2.06. The third kappa shape index (κ3) is 4.20. The van der Waals surface area contributed by atoms with Crippen LogP contribution in [-0.4, -0.2) is 15.5 Å². The van der Waals surface area contributed by atoms with E-state index in [1.165, 1.54) is 34.0 Å². The van der Waals surface area contributed by atoms with Gasteiger partial charge in [0, 0.05) is 25.5 Å². The third-order valence-electron chi connectivity index (χ3n) is 3.94. The summed E-state index contributed by atoms with van der Waals surface area (Å²) in [5.41, 5.74) is 3.78. The first-order chi connectivity index (χ1) is 12.0. The second-order valence-electron chi connectivity index (χ2n) is 6.04. The number of nitrogens with one attached hydrogen (secondary N) is 1. The van der Waals surface area contributed by atoms with E-state index < -0.39 is 0 Å². The van der Waals surface area contributed by atoms with Crippen LogP contribution in [0.15, 0.2) is 65.7 Å². The number of rotatable bonds is 4. The molecule has 0 aliphatic rings. The van der Waals surface area contributed by atoms with Crippen molar-refractivity contribution < 1.29 is 4.79 Å². The fourth-order valence-corrected chi connectivity index (χ4v) is 2.46. The molecule has 1 N–H and O–H groups in total. The maximum atomic E-state index is 12.2. The van der Waals surface area contributed by atoms with Crippen molar-refractivity contribution in [3.63, 3.8) is 0 Å². The van der Waals surface area contributed by atoms with Crippen LogP contribution in [-0.2, 0) is 13.5 Å². The Hall–Kier alpha value is -3.21. The molecular formula is C20H19N3O2. The summed E-state index contributed by atoms with van der Waals surface area (Å²) in [4.78, 5) is 27.9. The van der Waals surface area contributed by atoms with Gasteiger partial charge in [0.2, 0.25) is 5.56 Å². The predicted molar refractivity (Wildman–Crippen MR) is 97.9 cm³/mol. The van der Waals surface area contributed by atoms with Crippen LogP contribution < -0.4 is 10.9 Å². The number of aromatic nitrogens is 2. The van der Waals surface area contributed by atoms with Gasteiger partial charge in [0.15, 0.2) is 0 Å². The Kier molecular flexibility index (Phi) is 4.75. The predicted octanol–water partition coefficient (Wildman–Crippen LogP) is 2.93. The number of aryl methyl sites for hydroxylation is 2. The number of nitrogens with zero attached hydrogens (tertiary/aromatic N) is 2. The molecule has 0 radical (unpaired) electrons. The van der Waals surface area contributed by atoms with E-state index >= 15 is 0 Å². The molecule has 0 fully saturated rings. The number of hydrogen-bond acceptors (Lipinski definition) is 3. The first kappa shape index (κ1) is 16.6. The Morgan fingerprint density at radius 2 is 1.76 bits per heavy atom. The van der Waals surface area contributed by atoms with E-state index in [-0.39, 0.29) is 11.5 Å². The fourth-order valence-electron chi connectivity index (χ4n) is 2.46. The van der Waals surface area contributed by atoms with Gasteiger partial charge in [-0.25, -0.2) is 4.98 Å². The Bertz CT molecular complexity index is 942. The maximum absolute atomic E-state index is 12.2. The van der Waals surface area contributed by atoms with Gasteiger partial charge < -0.3 is 9.88 Å². The molecule has 0 unspecified atom stereocenters. The molecule has 5 nitrogen and oxygen atoms in total. The number of pyridine rings is 2. The summed E-state index contributed by atoms with van der Waals surface area (Å²) in [6.07, 6.45) is 4.06. The highest BCUT2D eigenvalue weighted by Gasteiger charge is 2.08. The standard InChI is InChI=1S/C20H19N3O2/c1-14-3-5-15(6-4-14)11-16-7-9-18(21-12-16)22-20(25)17-8-10-19(24)23(2)13-17/h3-10,12-13H,11H2,1-2H3,(H,21,22,25). The fraction of sp³-hybridized carbons (Fsp3) is 0.150. The Morgan fingerprint density at radius 3 is 2.40 bits per heavy atom. The molecule has 3 aromatic rings. The normalized spacial score (nSPS) is 10.5. The van der Waals surface area contributed by atoms with Gasteiger partial charge in [-0.2, -0.15) is 0 Å². The molecule has 2 heterocycles. The zero-order chi connectivity index (χ0) is 17.8. The first-order valence-corrected chi connectivity index (χ1v) is 8.00. The lowest BCUT2D eigenvalue weighted by molar-refractivity contribution is 0.102. The van der Waals surface area contributed by atoms with Crippen molar-refractivity contribution in [2.45, 2.75) is 13.3 Å². The van der Waals surface area contributed by atoms with E-state index in [1.54, 1.807) is 19.3 Å². The average molecular weight is 333 g/mol. The van der Waals surface area contributed by atoms with E-state index in [9.17, 15) is 9.59 Å². The number of carbonyl (C=O) groups is 1. The van der Waals surface area contributed by atoms with Gasteiger partial charge in [0.05, 0.1) is 5.56 Å². The molecular weight excluding hydrogens is 314 g/mol. The number of anilines is 1. The van der Waals surface area contributed by atoms with Gasteiger partial charge in [-0.15, -0.1) is 0 Å². The minimum Gasteiger partial charge on any atom is -0.318 e. The van der Waals surface area contributed by atoms with E-state index in [4.69, 9.17) is 0 Å². The quantitative estimate of drug-likeness (QED) is 0.798. The second kappa shape index (κ2) is 7.13. The molecule has 1 aromatic carbocycles. The summed E-state index contributed by atoms with van der Waals surface area (Å²) < 4.78 is 1.37. The largest absolute Gasteiger partial charge is 0.318 e. The minimum atomic E-state index is -0.297. The van der Waals surface area contributed by atoms with Crippen LogP contribution in [0.3, 0.4) is 0 Å². The number of amides is 1. The highest BCUT2D eigenvalue weighted by Crippen LogP contribution is 2.12. The van der Waals surface area contributed by atoms with Crippen LogP contribution in [0, 0.1) is 6.92 Å². The summed E-state index contributed by atoms with van der Waals surface area (Å²) >= 11 is 0. The van der Waals surface area contributed by atoms with Gasteiger partial charge in [0.25, 0.3) is 5.91 Å². The lowest BCUT2D eigenvalue weighted by Crippen LogP contribution is -2.19. The van der Waals surface area contributed by atoms with Crippen molar-refractivity contribution >= 4 is 11.7 Å². The monoisotopic (exact) mass is 333 g/mol. The third-order valence-corrected chi connectivity index (χ3v) is 3.94. The highest BCUT2D eigenvalue weighted by molar-refractivity contribution is 6.03. The van der Waals surface area contributed by atoms with Crippen LogP contribution >= 0.6 is 0 Å². The SMILES string of the molecule is Cc1ccc(Cc2ccc(NC(=O)c3ccc(=O)n(C)c3)nc2)cc1. The molecule has 1 amide bonds. The molecule has 2 aromatic heterocycles. The highest BCUT2D eigenvalue weighted by atomic mass is 16.2. The van der Waals surface area contributed by atoms with E-state index in [2.05, 4.69) is 41.5 Å². The molecule has 0 bridgehead atoms. The summed E-state index contributed by atoms with van der Waals surface area (Å²) in [5.74, 6) is 0.181. The van der Waals surface area contributed by atoms with Crippen molar-refractivity contribution in [3.8, 4) is 0 Å². The zero-order valence-electron chi connectivity index (χ0n) is 14.2. The molecule has 0 spiro atoms. The summed E-state index contributed by atoms with van der Waals surface area (Å²) in [5, 5.41) is 2.74. The smallest absolute Gasteiger partial charge is 0.258 e. The van der Waals surface area contributed by atoms with Gasteiger partial charge in [0.1, 0.15) is 5.82 Å². The van der Waals surface area contributed by atoms with E-state index in [1.807, 2.05) is 6.07 Å². The van der Waals surface area contributed by atoms with Crippen LogP contribution in [0.2, 0.25) is 0 Å². The van der Waals surface area contributed by atoms with Gasteiger partial charge >= 0.3 is 0 Å². The average Bonchev–Trinajstić information content (AvgIpc) is 2.61. The van der Waals surface area contributed by atoms with Gasteiger partial charge in [-0.05, 0) is 36.6 Å². The zero-order valence-corrected chi connectivity index (χ0v) is 14.2. The molecule has 0 atom stereocenters. The van der Waals surface area contributed by atoms with Crippen molar-refractivity contribution in [3.05, 3.63) is 93.5 Å². The molecule has 0 aliphatic heterocycles. The maximum Gasteiger partial charge on any atom is 0.258 e. The van der Waals surface area contributed by atoms with Gasteiger partial charge in [-0.3, -0.25) is 9.59 Å². The number of hydrogen-bond donors (Lipinski definition) is 1. The van der Waals surface area contributed by atoms with Crippen LogP contribution in [0.5, 0.6) is 0 Å². The van der Waals surface area contributed by atoms with Crippen LogP contribution in [0.4, 0.5) is 5.82 Å². The molecule has 25 heavy (non-hydrogen) atoms. The molecule has 0 aliphatic carbocycles. The summed E-state index contributed by atoms with van der Waals surface area (Å²) in [7, 11) is 1.61. The Balaban J connectivity index is 1.67. The van der Waals surface area contributed by atoms with Gasteiger partial charge in [-0.1, -0.05) is 35.9 Å². The van der Waals surface area contributed by atoms with Crippen molar-refractivity contribution in [2.75, 3.05) is 5.32 Å². The molecule has 126 valence electrons. The molecule has 3 rings (SSSR count). The van der Waals surface area contributed by atoms with E-state index in [0.717, 1.165) is 12.0 Å². The second-order valence-corrected chi connectivity index (χ2v) is 6.04. The number of benzene rings is 1. The van der Waals surface area contributed by atoms with E-state index in [0.29, 0.717) is 11.4 Å². The van der Waals surface area contributed by atoms with Crippen LogP contribution in [0.25, 0.3) is 0 Å². The van der Waals surface area contributed by atoms with Crippen LogP contribution in [0.1, 0.15) is 27.0 Å². The molecule has 0 saturated carbocycles. The Morgan fingerprint density at radius 1 is 1.04 bits per heavy atom. The Labute approximate surface area is 146 Å². The topological polar surface area (TPSA) is 64.0 Å². The van der Waals surface area contributed by atoms with Crippen molar-refractivity contribution in [1.29, 1.82) is 0 Å². The lowest BCUT2D eigenvalue weighted by Gasteiger charge is -2.07.